The van der Waals surface area contributed by atoms with Gasteiger partial charge in [-0.05, 0) is 30.6 Å². The summed E-state index contributed by atoms with van der Waals surface area (Å²) in [5.74, 6) is 0. The van der Waals surface area contributed by atoms with Crippen molar-refractivity contribution in [2.75, 3.05) is 0 Å². The molecule has 1 aromatic rings. The highest BCUT2D eigenvalue weighted by Crippen LogP contribution is 2.29. The van der Waals surface area contributed by atoms with E-state index in [0.717, 1.165) is 23.4 Å². The van der Waals surface area contributed by atoms with Crippen LogP contribution in [-0.4, -0.2) is 17.3 Å². The maximum Gasteiger partial charge on any atom is 0.433 e. The summed E-state index contributed by atoms with van der Waals surface area (Å²) >= 11 is 0. The molecular weight excluding hydrogens is 285 g/mol. The Bertz CT molecular complexity index is 629. The molecule has 2 rings (SSSR count). The standard InChI is InChI=1S/C14H11F3N2O2/c15-14(16,17)13-6-3-11(7-8-18-13)9-10-1-4-12(5-2-10)19(20)21/h1-2,4-8H,3,9H2. The van der Waals surface area contributed by atoms with E-state index in [9.17, 15) is 23.3 Å². The molecule has 1 heterocycles. The van der Waals surface area contributed by atoms with Crippen molar-refractivity contribution < 1.29 is 18.1 Å². The van der Waals surface area contributed by atoms with Gasteiger partial charge in [0.25, 0.3) is 5.69 Å². The fraction of sp³-hybridized carbons (Fsp3) is 0.214. The van der Waals surface area contributed by atoms with Gasteiger partial charge in [-0.1, -0.05) is 17.7 Å². The van der Waals surface area contributed by atoms with Gasteiger partial charge in [-0.25, -0.2) is 0 Å². The molecule has 0 saturated carbocycles. The van der Waals surface area contributed by atoms with Crippen molar-refractivity contribution >= 4 is 11.9 Å². The Hall–Kier alpha value is -2.44. The lowest BCUT2D eigenvalue weighted by Gasteiger charge is -2.06. The zero-order chi connectivity index (χ0) is 15.5. The molecule has 1 aromatic carbocycles. The molecule has 0 radical (unpaired) electrons. The predicted octanol–water partition coefficient (Wildman–Crippen LogP) is 3.98. The van der Waals surface area contributed by atoms with Gasteiger partial charge in [-0.3, -0.25) is 15.1 Å². The maximum atomic E-state index is 12.5. The number of halogens is 3. The van der Waals surface area contributed by atoms with Crippen LogP contribution >= 0.6 is 0 Å². The molecule has 7 heteroatoms. The molecule has 0 aliphatic carbocycles. The molecule has 0 atom stereocenters. The van der Waals surface area contributed by atoms with E-state index >= 15 is 0 Å². The number of nitro benzene ring substituents is 1. The molecule has 0 fully saturated rings. The van der Waals surface area contributed by atoms with Crippen LogP contribution in [0.3, 0.4) is 0 Å². The molecular formula is C14H11F3N2O2. The Balaban J connectivity index is 2.08. The molecule has 0 bridgehead atoms. The zero-order valence-corrected chi connectivity index (χ0v) is 10.8. The molecule has 1 aliphatic heterocycles. The molecule has 21 heavy (non-hydrogen) atoms. The van der Waals surface area contributed by atoms with Gasteiger partial charge >= 0.3 is 6.18 Å². The van der Waals surface area contributed by atoms with Gasteiger partial charge in [0.05, 0.1) is 4.92 Å². The topological polar surface area (TPSA) is 55.5 Å². The monoisotopic (exact) mass is 296 g/mol. The highest BCUT2D eigenvalue weighted by atomic mass is 19.4. The van der Waals surface area contributed by atoms with Crippen molar-refractivity contribution in [1.82, 2.24) is 0 Å². The summed E-state index contributed by atoms with van der Waals surface area (Å²) in [6.07, 6.45) is -0.172. The number of nitro groups is 1. The van der Waals surface area contributed by atoms with Crippen LogP contribution in [0.4, 0.5) is 18.9 Å². The highest BCUT2D eigenvalue weighted by molar-refractivity contribution is 5.74. The lowest BCUT2D eigenvalue weighted by molar-refractivity contribution is -0.384. The number of nitrogens with zero attached hydrogens (tertiary/aromatic N) is 2. The number of alkyl halides is 3. The SMILES string of the molecule is O=[N+]([O-])c1ccc(CC2=CC=NC(C(F)(F)F)=CC2)cc1. The number of benzene rings is 1. The van der Waals surface area contributed by atoms with Crippen LogP contribution in [0, 0.1) is 10.1 Å². The Kier molecular flexibility index (Phi) is 4.21. The number of non-ortho nitro benzene ring substituents is 1. The normalized spacial score (nSPS) is 15.2. The minimum atomic E-state index is -4.45. The van der Waals surface area contributed by atoms with Crippen LogP contribution in [0.15, 0.2) is 52.7 Å². The van der Waals surface area contributed by atoms with Crippen molar-refractivity contribution in [3.63, 3.8) is 0 Å². The largest absolute Gasteiger partial charge is 0.433 e. The molecule has 0 unspecified atom stereocenters. The van der Waals surface area contributed by atoms with Gasteiger partial charge in [-0.15, -0.1) is 0 Å². The second-order valence-corrected chi connectivity index (χ2v) is 4.49. The van der Waals surface area contributed by atoms with Crippen LogP contribution in [0.1, 0.15) is 12.0 Å². The maximum absolute atomic E-state index is 12.5. The van der Waals surface area contributed by atoms with Crippen LogP contribution in [0.25, 0.3) is 0 Å². The molecule has 0 N–H and O–H groups in total. The van der Waals surface area contributed by atoms with Crippen molar-refractivity contribution in [3.05, 3.63) is 63.4 Å². The zero-order valence-electron chi connectivity index (χ0n) is 10.8. The summed E-state index contributed by atoms with van der Waals surface area (Å²) < 4.78 is 37.6. The first kappa shape index (κ1) is 15.0. The average Bonchev–Trinajstić information content (AvgIpc) is 2.64. The molecule has 0 spiro atoms. The molecule has 0 aromatic heterocycles. The Morgan fingerprint density at radius 2 is 1.90 bits per heavy atom. The van der Waals surface area contributed by atoms with Crippen molar-refractivity contribution in [2.45, 2.75) is 19.0 Å². The van der Waals surface area contributed by atoms with Crippen LogP contribution < -0.4 is 0 Å². The highest BCUT2D eigenvalue weighted by Gasteiger charge is 2.33. The second kappa shape index (κ2) is 5.90. The van der Waals surface area contributed by atoms with E-state index in [1.165, 1.54) is 18.2 Å². The number of rotatable bonds is 3. The number of aliphatic imine (C=N–C) groups is 1. The number of hydrogen-bond acceptors (Lipinski definition) is 3. The van der Waals surface area contributed by atoms with Gasteiger partial charge in [0.15, 0.2) is 0 Å². The Morgan fingerprint density at radius 3 is 2.48 bits per heavy atom. The quantitative estimate of drug-likeness (QED) is 0.625. The number of hydrogen-bond donors (Lipinski definition) is 0. The summed E-state index contributed by atoms with van der Waals surface area (Å²) in [5, 5.41) is 10.5. The van der Waals surface area contributed by atoms with E-state index in [0.29, 0.717) is 6.42 Å². The van der Waals surface area contributed by atoms with Crippen LogP contribution in [0.5, 0.6) is 0 Å². The van der Waals surface area contributed by atoms with E-state index in [1.54, 1.807) is 12.1 Å². The summed E-state index contributed by atoms with van der Waals surface area (Å²) in [6, 6.07) is 5.93. The lowest BCUT2D eigenvalue weighted by Crippen LogP contribution is -2.09. The van der Waals surface area contributed by atoms with E-state index in [4.69, 9.17) is 0 Å². The first-order valence-corrected chi connectivity index (χ1v) is 6.09. The van der Waals surface area contributed by atoms with Crippen LogP contribution in [0.2, 0.25) is 0 Å². The first-order chi connectivity index (χ1) is 9.86. The van der Waals surface area contributed by atoms with Crippen LogP contribution in [-0.2, 0) is 6.42 Å². The molecule has 4 nitrogen and oxygen atoms in total. The lowest BCUT2D eigenvalue weighted by atomic mass is 10.0. The minimum Gasteiger partial charge on any atom is -0.258 e. The Morgan fingerprint density at radius 1 is 1.24 bits per heavy atom. The molecule has 110 valence electrons. The minimum absolute atomic E-state index is 0.0191. The third kappa shape index (κ3) is 4.01. The van der Waals surface area contributed by atoms with Gasteiger partial charge in [-0.2, -0.15) is 13.2 Å². The molecule has 0 saturated heterocycles. The summed E-state index contributed by atoms with van der Waals surface area (Å²) in [5.41, 5.74) is 0.628. The van der Waals surface area contributed by atoms with Gasteiger partial charge in [0, 0.05) is 18.3 Å². The van der Waals surface area contributed by atoms with Crippen molar-refractivity contribution in [2.24, 2.45) is 4.99 Å². The second-order valence-electron chi connectivity index (χ2n) is 4.49. The number of allylic oxidation sites excluding steroid dienone is 4. The average molecular weight is 296 g/mol. The first-order valence-electron chi connectivity index (χ1n) is 6.09. The van der Waals surface area contributed by atoms with Gasteiger partial charge < -0.3 is 0 Å². The van der Waals surface area contributed by atoms with E-state index in [2.05, 4.69) is 4.99 Å². The van der Waals surface area contributed by atoms with Gasteiger partial charge in [0.1, 0.15) is 5.70 Å². The Labute approximate surface area is 118 Å². The fourth-order valence-corrected chi connectivity index (χ4v) is 1.89. The fourth-order valence-electron chi connectivity index (χ4n) is 1.89. The predicted molar refractivity (Wildman–Crippen MR) is 72.1 cm³/mol. The summed E-state index contributed by atoms with van der Waals surface area (Å²) in [4.78, 5) is 13.4. The smallest absolute Gasteiger partial charge is 0.258 e. The van der Waals surface area contributed by atoms with Gasteiger partial charge in [0.2, 0.25) is 0 Å². The third-order valence-corrected chi connectivity index (χ3v) is 2.95. The van der Waals surface area contributed by atoms with E-state index in [1.807, 2.05) is 0 Å². The van der Waals surface area contributed by atoms with Crippen molar-refractivity contribution in [3.8, 4) is 0 Å². The third-order valence-electron chi connectivity index (χ3n) is 2.95. The summed E-state index contributed by atoms with van der Waals surface area (Å²) in [7, 11) is 0. The summed E-state index contributed by atoms with van der Waals surface area (Å²) in [6.45, 7) is 0. The molecule has 0 amide bonds. The molecule has 1 aliphatic rings. The van der Waals surface area contributed by atoms with E-state index < -0.39 is 16.8 Å². The van der Waals surface area contributed by atoms with Crippen molar-refractivity contribution in [1.29, 1.82) is 0 Å². The van der Waals surface area contributed by atoms with E-state index in [-0.39, 0.29) is 12.1 Å².